The number of furan rings is 1. The first kappa shape index (κ1) is 14.7. The summed E-state index contributed by atoms with van der Waals surface area (Å²) in [6, 6.07) is 3.65. The van der Waals surface area contributed by atoms with Crippen LogP contribution in [0.1, 0.15) is 26.0 Å². The molecule has 5 nitrogen and oxygen atoms in total. The lowest BCUT2D eigenvalue weighted by Gasteiger charge is -2.19. The van der Waals surface area contributed by atoms with E-state index in [1.807, 2.05) is 19.9 Å². The van der Waals surface area contributed by atoms with Crippen molar-refractivity contribution >= 4 is 5.91 Å². The Kier molecular flexibility index (Phi) is 6.46. The van der Waals surface area contributed by atoms with Gasteiger partial charge in [0.1, 0.15) is 5.76 Å². The van der Waals surface area contributed by atoms with Crippen LogP contribution in [-0.2, 0) is 16.1 Å². The second-order valence-electron chi connectivity index (χ2n) is 4.37. The van der Waals surface area contributed by atoms with Crippen LogP contribution in [0, 0.1) is 0 Å². The number of hydrogen-bond acceptors (Lipinski definition) is 4. The van der Waals surface area contributed by atoms with Crippen LogP contribution < -0.4 is 10.6 Å². The molecule has 1 aromatic rings. The van der Waals surface area contributed by atoms with Crippen molar-refractivity contribution in [2.75, 3.05) is 13.7 Å². The summed E-state index contributed by atoms with van der Waals surface area (Å²) in [5, 5.41) is 6.04. The van der Waals surface area contributed by atoms with Crippen LogP contribution in [0.25, 0.3) is 0 Å². The van der Waals surface area contributed by atoms with E-state index in [1.165, 1.54) is 0 Å². The second kappa shape index (κ2) is 7.89. The van der Waals surface area contributed by atoms with Crippen LogP contribution in [-0.4, -0.2) is 31.7 Å². The van der Waals surface area contributed by atoms with E-state index in [2.05, 4.69) is 10.6 Å². The molecule has 0 aliphatic rings. The number of ether oxygens (including phenoxy) is 1. The maximum atomic E-state index is 11.8. The zero-order chi connectivity index (χ0) is 13.4. The lowest BCUT2D eigenvalue weighted by atomic mass is 10.2. The Bertz CT molecular complexity index is 338. The van der Waals surface area contributed by atoms with Gasteiger partial charge in [0.05, 0.1) is 18.8 Å². The van der Waals surface area contributed by atoms with Crippen LogP contribution >= 0.6 is 0 Å². The van der Waals surface area contributed by atoms with E-state index in [0.29, 0.717) is 13.2 Å². The Hall–Kier alpha value is -1.33. The first-order chi connectivity index (χ1) is 8.63. The average molecular weight is 254 g/mol. The summed E-state index contributed by atoms with van der Waals surface area (Å²) in [5.41, 5.74) is 0. The smallest absolute Gasteiger partial charge is 0.237 e. The van der Waals surface area contributed by atoms with Crippen molar-refractivity contribution in [3.05, 3.63) is 24.2 Å². The molecule has 0 bridgehead atoms. The predicted octanol–water partition coefficient (Wildman–Crippen LogP) is 1.30. The molecule has 0 aliphatic heterocycles. The van der Waals surface area contributed by atoms with Crippen molar-refractivity contribution in [3.8, 4) is 0 Å². The van der Waals surface area contributed by atoms with Crippen LogP contribution in [0.15, 0.2) is 22.8 Å². The number of methoxy groups -OCH3 is 1. The summed E-state index contributed by atoms with van der Waals surface area (Å²) in [6.07, 6.45) is 2.47. The molecule has 102 valence electrons. The fourth-order valence-electron chi connectivity index (χ4n) is 1.62. The summed E-state index contributed by atoms with van der Waals surface area (Å²) in [5.74, 6) is 0.721. The maximum Gasteiger partial charge on any atom is 0.237 e. The average Bonchev–Trinajstić information content (AvgIpc) is 2.86. The van der Waals surface area contributed by atoms with Gasteiger partial charge in [-0.3, -0.25) is 4.79 Å². The number of rotatable bonds is 8. The minimum atomic E-state index is -0.230. The summed E-state index contributed by atoms with van der Waals surface area (Å²) in [7, 11) is 1.67. The molecule has 1 amide bonds. The first-order valence-corrected chi connectivity index (χ1v) is 6.18. The molecule has 0 fully saturated rings. The van der Waals surface area contributed by atoms with Crippen molar-refractivity contribution < 1.29 is 13.9 Å². The Morgan fingerprint density at radius 2 is 2.28 bits per heavy atom. The molecule has 2 N–H and O–H groups in total. The van der Waals surface area contributed by atoms with Gasteiger partial charge in [0.15, 0.2) is 0 Å². The molecular formula is C13H22N2O3. The lowest BCUT2D eigenvalue weighted by Crippen LogP contribution is -2.45. The highest BCUT2D eigenvalue weighted by atomic mass is 16.5. The van der Waals surface area contributed by atoms with Gasteiger partial charge in [-0.25, -0.2) is 0 Å². The van der Waals surface area contributed by atoms with E-state index in [-0.39, 0.29) is 18.0 Å². The summed E-state index contributed by atoms with van der Waals surface area (Å²) in [4.78, 5) is 11.8. The molecule has 2 unspecified atom stereocenters. The molecule has 2 atom stereocenters. The van der Waals surface area contributed by atoms with Crippen LogP contribution in [0.5, 0.6) is 0 Å². The molecule has 0 aliphatic carbocycles. The fourth-order valence-corrected chi connectivity index (χ4v) is 1.62. The highest BCUT2D eigenvalue weighted by molar-refractivity contribution is 5.81. The van der Waals surface area contributed by atoms with Gasteiger partial charge < -0.3 is 19.8 Å². The van der Waals surface area contributed by atoms with Crippen molar-refractivity contribution in [1.29, 1.82) is 0 Å². The van der Waals surface area contributed by atoms with Gasteiger partial charge in [-0.05, 0) is 32.4 Å². The first-order valence-electron chi connectivity index (χ1n) is 6.18. The highest BCUT2D eigenvalue weighted by Crippen LogP contribution is 1.99. The normalized spacial score (nSPS) is 14.2. The fraction of sp³-hybridized carbons (Fsp3) is 0.615. The monoisotopic (exact) mass is 254 g/mol. The van der Waals surface area contributed by atoms with Gasteiger partial charge in [0, 0.05) is 19.8 Å². The Morgan fingerprint density at radius 1 is 1.50 bits per heavy atom. The molecule has 1 aromatic heterocycles. The van der Waals surface area contributed by atoms with Crippen molar-refractivity contribution in [2.24, 2.45) is 0 Å². The van der Waals surface area contributed by atoms with Crippen molar-refractivity contribution in [1.82, 2.24) is 10.6 Å². The van der Waals surface area contributed by atoms with Gasteiger partial charge in [-0.1, -0.05) is 0 Å². The molecule has 5 heteroatoms. The number of carbonyl (C=O) groups is 1. The minimum Gasteiger partial charge on any atom is -0.467 e. The second-order valence-corrected chi connectivity index (χ2v) is 4.37. The van der Waals surface area contributed by atoms with Gasteiger partial charge in [0.25, 0.3) is 0 Å². The Balaban J connectivity index is 2.23. The van der Waals surface area contributed by atoms with Gasteiger partial charge in [0.2, 0.25) is 5.91 Å². The molecule has 0 aromatic carbocycles. The van der Waals surface area contributed by atoms with Crippen LogP contribution in [0.3, 0.4) is 0 Å². The number of amides is 1. The molecular weight excluding hydrogens is 232 g/mol. The minimum absolute atomic E-state index is 0.0318. The highest BCUT2D eigenvalue weighted by Gasteiger charge is 2.14. The largest absolute Gasteiger partial charge is 0.467 e. The van der Waals surface area contributed by atoms with Crippen molar-refractivity contribution in [2.45, 2.75) is 38.9 Å². The molecule has 1 heterocycles. The predicted molar refractivity (Wildman–Crippen MR) is 69.1 cm³/mol. The molecule has 0 saturated carbocycles. The molecule has 18 heavy (non-hydrogen) atoms. The van der Waals surface area contributed by atoms with E-state index in [1.54, 1.807) is 19.4 Å². The number of nitrogens with one attached hydrogen (secondary N) is 2. The topological polar surface area (TPSA) is 63.5 Å². The van der Waals surface area contributed by atoms with E-state index in [0.717, 1.165) is 12.2 Å². The number of hydrogen-bond donors (Lipinski definition) is 2. The van der Waals surface area contributed by atoms with E-state index in [4.69, 9.17) is 9.15 Å². The third-order valence-corrected chi connectivity index (χ3v) is 2.70. The van der Waals surface area contributed by atoms with E-state index < -0.39 is 0 Å². The number of carbonyl (C=O) groups excluding carboxylic acids is 1. The van der Waals surface area contributed by atoms with Crippen LogP contribution in [0.2, 0.25) is 0 Å². The molecule has 0 spiro atoms. The zero-order valence-corrected chi connectivity index (χ0v) is 11.2. The molecule has 1 rings (SSSR count). The lowest BCUT2D eigenvalue weighted by molar-refractivity contribution is -0.123. The van der Waals surface area contributed by atoms with Crippen molar-refractivity contribution in [3.63, 3.8) is 0 Å². The van der Waals surface area contributed by atoms with Gasteiger partial charge in [-0.2, -0.15) is 0 Å². The van der Waals surface area contributed by atoms with Crippen LogP contribution in [0.4, 0.5) is 0 Å². The van der Waals surface area contributed by atoms with Gasteiger partial charge in [-0.15, -0.1) is 0 Å². The van der Waals surface area contributed by atoms with E-state index in [9.17, 15) is 4.79 Å². The summed E-state index contributed by atoms with van der Waals surface area (Å²) >= 11 is 0. The summed E-state index contributed by atoms with van der Waals surface area (Å²) < 4.78 is 10.1. The SMILES string of the molecule is COCCC(C)NC(C)C(=O)NCc1ccco1. The summed E-state index contributed by atoms with van der Waals surface area (Å²) in [6.45, 7) is 5.00. The third kappa shape index (κ3) is 5.33. The Labute approximate surface area is 108 Å². The third-order valence-electron chi connectivity index (χ3n) is 2.70. The maximum absolute atomic E-state index is 11.8. The van der Waals surface area contributed by atoms with Gasteiger partial charge >= 0.3 is 0 Å². The standard InChI is InChI=1S/C13H22N2O3/c1-10(6-8-17-3)15-11(2)13(16)14-9-12-5-4-7-18-12/h4-5,7,10-11,15H,6,8-9H2,1-3H3,(H,14,16). The van der Waals surface area contributed by atoms with E-state index >= 15 is 0 Å². The Morgan fingerprint density at radius 3 is 2.89 bits per heavy atom. The zero-order valence-electron chi connectivity index (χ0n) is 11.2. The molecule has 0 saturated heterocycles. The quantitative estimate of drug-likeness (QED) is 0.734. The molecule has 0 radical (unpaired) electrons.